The lowest BCUT2D eigenvalue weighted by Gasteiger charge is -2.09. The molecular formula is C9H12N2O3. The van der Waals surface area contributed by atoms with Crippen LogP contribution in [0.4, 0.5) is 0 Å². The predicted octanol–water partition coefficient (Wildman–Crippen LogP) is 1.40. The molecule has 0 spiro atoms. The molecule has 0 atom stereocenters. The van der Waals surface area contributed by atoms with Gasteiger partial charge in [-0.1, -0.05) is 12.8 Å². The SMILES string of the molecule is O=C(O)c1cc(O)n(C2CCCC2)n1. The van der Waals surface area contributed by atoms with Crippen LogP contribution in [-0.2, 0) is 0 Å². The number of hydrogen-bond acceptors (Lipinski definition) is 3. The van der Waals surface area contributed by atoms with E-state index >= 15 is 0 Å². The van der Waals surface area contributed by atoms with E-state index < -0.39 is 5.97 Å². The van der Waals surface area contributed by atoms with Crippen molar-refractivity contribution in [1.82, 2.24) is 9.78 Å². The molecule has 0 amide bonds. The van der Waals surface area contributed by atoms with Crippen molar-refractivity contribution in [2.24, 2.45) is 0 Å². The van der Waals surface area contributed by atoms with E-state index in [-0.39, 0.29) is 17.6 Å². The van der Waals surface area contributed by atoms with Gasteiger partial charge in [-0.2, -0.15) is 5.10 Å². The molecule has 0 aliphatic heterocycles. The van der Waals surface area contributed by atoms with Crippen molar-refractivity contribution in [1.29, 1.82) is 0 Å². The number of aromatic carboxylic acids is 1. The Kier molecular flexibility index (Phi) is 2.15. The van der Waals surface area contributed by atoms with E-state index in [1.807, 2.05) is 0 Å². The monoisotopic (exact) mass is 196 g/mol. The Hall–Kier alpha value is -1.52. The summed E-state index contributed by atoms with van der Waals surface area (Å²) in [7, 11) is 0. The van der Waals surface area contributed by atoms with Crippen LogP contribution in [0.3, 0.4) is 0 Å². The van der Waals surface area contributed by atoms with Crippen molar-refractivity contribution in [2.45, 2.75) is 31.7 Å². The van der Waals surface area contributed by atoms with Crippen molar-refractivity contribution in [3.05, 3.63) is 11.8 Å². The van der Waals surface area contributed by atoms with Gasteiger partial charge in [0.15, 0.2) is 5.69 Å². The van der Waals surface area contributed by atoms with Gasteiger partial charge in [0.1, 0.15) is 0 Å². The molecule has 5 heteroatoms. The van der Waals surface area contributed by atoms with Gasteiger partial charge >= 0.3 is 5.97 Å². The minimum absolute atomic E-state index is 0.0469. The van der Waals surface area contributed by atoms with Crippen LogP contribution < -0.4 is 0 Å². The maximum absolute atomic E-state index is 10.6. The van der Waals surface area contributed by atoms with Crippen LogP contribution >= 0.6 is 0 Å². The zero-order valence-corrected chi connectivity index (χ0v) is 7.68. The molecule has 0 bridgehead atoms. The Labute approximate surface area is 81.0 Å². The minimum Gasteiger partial charge on any atom is -0.493 e. The highest BCUT2D eigenvalue weighted by atomic mass is 16.4. The second kappa shape index (κ2) is 3.32. The fourth-order valence-electron chi connectivity index (χ4n) is 1.91. The summed E-state index contributed by atoms with van der Waals surface area (Å²) in [6.45, 7) is 0. The first kappa shape index (κ1) is 9.05. The summed E-state index contributed by atoms with van der Waals surface area (Å²) in [5.41, 5.74) is -0.0885. The van der Waals surface area contributed by atoms with E-state index in [1.54, 1.807) is 0 Å². The number of aromatic nitrogens is 2. The molecule has 2 N–H and O–H groups in total. The zero-order chi connectivity index (χ0) is 10.1. The van der Waals surface area contributed by atoms with Gasteiger partial charge in [-0.15, -0.1) is 0 Å². The number of hydrogen-bond donors (Lipinski definition) is 2. The summed E-state index contributed by atoms with van der Waals surface area (Å²) in [6, 6.07) is 1.36. The lowest BCUT2D eigenvalue weighted by atomic mass is 10.3. The molecule has 1 heterocycles. The third-order valence-corrected chi connectivity index (χ3v) is 2.61. The predicted molar refractivity (Wildman–Crippen MR) is 48.4 cm³/mol. The number of rotatable bonds is 2. The van der Waals surface area contributed by atoms with Crippen molar-refractivity contribution in [3.8, 4) is 5.88 Å². The van der Waals surface area contributed by atoms with Gasteiger partial charge in [0.25, 0.3) is 0 Å². The lowest BCUT2D eigenvalue weighted by molar-refractivity contribution is 0.0689. The quantitative estimate of drug-likeness (QED) is 0.749. The number of carboxylic acid groups (broad SMARTS) is 1. The molecule has 2 rings (SSSR count). The lowest BCUT2D eigenvalue weighted by Crippen LogP contribution is -2.07. The number of carboxylic acids is 1. The highest BCUT2D eigenvalue weighted by molar-refractivity contribution is 5.85. The molecule has 0 saturated heterocycles. The molecule has 0 unspecified atom stereocenters. The summed E-state index contributed by atoms with van der Waals surface area (Å²) < 4.78 is 1.43. The Morgan fingerprint density at radius 2 is 2.14 bits per heavy atom. The molecule has 0 radical (unpaired) electrons. The molecular weight excluding hydrogens is 184 g/mol. The first-order valence-corrected chi connectivity index (χ1v) is 4.70. The van der Waals surface area contributed by atoms with Crippen LogP contribution in [0.2, 0.25) is 0 Å². The number of aromatic hydroxyl groups is 1. The first-order valence-electron chi connectivity index (χ1n) is 4.70. The van der Waals surface area contributed by atoms with E-state index in [0.29, 0.717) is 0 Å². The largest absolute Gasteiger partial charge is 0.493 e. The minimum atomic E-state index is -1.10. The van der Waals surface area contributed by atoms with Crippen LogP contribution in [0, 0.1) is 0 Å². The van der Waals surface area contributed by atoms with Gasteiger partial charge in [0, 0.05) is 6.07 Å². The van der Waals surface area contributed by atoms with E-state index in [2.05, 4.69) is 5.10 Å². The molecule has 1 aliphatic rings. The zero-order valence-electron chi connectivity index (χ0n) is 7.68. The molecule has 1 aliphatic carbocycles. The Balaban J connectivity index is 2.28. The van der Waals surface area contributed by atoms with Gasteiger partial charge in [-0.25, -0.2) is 9.48 Å². The average Bonchev–Trinajstić information content (AvgIpc) is 2.71. The van der Waals surface area contributed by atoms with E-state index in [1.165, 1.54) is 10.7 Å². The number of carbonyl (C=O) groups is 1. The third-order valence-electron chi connectivity index (χ3n) is 2.61. The normalized spacial score (nSPS) is 17.4. The third kappa shape index (κ3) is 1.45. The molecule has 5 nitrogen and oxygen atoms in total. The van der Waals surface area contributed by atoms with Crippen LogP contribution in [-0.4, -0.2) is 26.0 Å². The second-order valence-electron chi connectivity index (χ2n) is 3.58. The van der Waals surface area contributed by atoms with Crippen molar-refractivity contribution < 1.29 is 15.0 Å². The standard InChI is InChI=1S/C9H12N2O3/c12-8-5-7(9(13)14)10-11(8)6-3-1-2-4-6/h5-6,12H,1-4H2,(H,13,14). The topological polar surface area (TPSA) is 75.3 Å². The summed E-state index contributed by atoms with van der Waals surface area (Å²) in [4.78, 5) is 10.6. The molecule has 1 aromatic rings. The second-order valence-corrected chi connectivity index (χ2v) is 3.58. The fraction of sp³-hybridized carbons (Fsp3) is 0.556. The maximum Gasteiger partial charge on any atom is 0.356 e. The van der Waals surface area contributed by atoms with Gasteiger partial charge in [0.05, 0.1) is 6.04 Å². The van der Waals surface area contributed by atoms with Crippen molar-refractivity contribution in [2.75, 3.05) is 0 Å². The number of nitrogens with zero attached hydrogens (tertiary/aromatic N) is 2. The summed E-state index contributed by atoms with van der Waals surface area (Å²) in [5, 5.41) is 22.0. The summed E-state index contributed by atoms with van der Waals surface area (Å²) in [6.07, 6.45) is 4.17. The Bertz CT molecular complexity index is 353. The first-order chi connectivity index (χ1) is 6.68. The molecule has 14 heavy (non-hydrogen) atoms. The average molecular weight is 196 g/mol. The fourth-order valence-corrected chi connectivity index (χ4v) is 1.91. The van der Waals surface area contributed by atoms with E-state index in [0.717, 1.165) is 25.7 Å². The molecule has 1 fully saturated rings. The van der Waals surface area contributed by atoms with Crippen LogP contribution in [0.15, 0.2) is 6.07 Å². The van der Waals surface area contributed by atoms with Crippen molar-refractivity contribution in [3.63, 3.8) is 0 Å². The highest BCUT2D eigenvalue weighted by Gasteiger charge is 2.22. The molecule has 1 saturated carbocycles. The van der Waals surface area contributed by atoms with Crippen LogP contribution in [0.1, 0.15) is 42.2 Å². The Morgan fingerprint density at radius 3 is 2.64 bits per heavy atom. The van der Waals surface area contributed by atoms with Crippen LogP contribution in [0.5, 0.6) is 5.88 Å². The van der Waals surface area contributed by atoms with E-state index in [9.17, 15) is 9.90 Å². The van der Waals surface area contributed by atoms with E-state index in [4.69, 9.17) is 5.11 Å². The molecule has 0 aromatic carbocycles. The van der Waals surface area contributed by atoms with Gasteiger partial charge in [0.2, 0.25) is 5.88 Å². The highest BCUT2D eigenvalue weighted by Crippen LogP contribution is 2.32. The molecule has 76 valence electrons. The smallest absolute Gasteiger partial charge is 0.356 e. The van der Waals surface area contributed by atoms with Gasteiger partial charge in [-0.05, 0) is 12.8 Å². The van der Waals surface area contributed by atoms with Gasteiger partial charge < -0.3 is 10.2 Å². The van der Waals surface area contributed by atoms with Gasteiger partial charge in [-0.3, -0.25) is 0 Å². The molecule has 1 aromatic heterocycles. The van der Waals surface area contributed by atoms with Crippen molar-refractivity contribution >= 4 is 5.97 Å². The maximum atomic E-state index is 10.6. The Morgan fingerprint density at radius 1 is 1.50 bits per heavy atom. The summed E-state index contributed by atoms with van der Waals surface area (Å²) >= 11 is 0. The van der Waals surface area contributed by atoms with Crippen LogP contribution in [0.25, 0.3) is 0 Å². The summed E-state index contributed by atoms with van der Waals surface area (Å²) in [5.74, 6) is -1.15.